The Bertz CT molecular complexity index is 289. The molecular weight excluding hydrogens is 242 g/mol. The minimum Gasteiger partial charge on any atom is -0.480 e. The van der Waals surface area contributed by atoms with Gasteiger partial charge in [-0.15, -0.1) is 0 Å². The van der Waals surface area contributed by atoms with Gasteiger partial charge in [0.1, 0.15) is 6.04 Å². The Hall–Kier alpha value is -1.32. The number of amides is 1. The summed E-state index contributed by atoms with van der Waals surface area (Å²) in [5, 5.41) is 9.13. The summed E-state index contributed by atoms with van der Waals surface area (Å²) in [7, 11) is 1.52. The molecule has 0 aromatic rings. The van der Waals surface area contributed by atoms with E-state index in [2.05, 4.69) is 13.5 Å². The first-order valence-electron chi connectivity index (χ1n) is 7.16. The summed E-state index contributed by atoms with van der Waals surface area (Å²) in [6.07, 6.45) is 9.66. The summed E-state index contributed by atoms with van der Waals surface area (Å²) in [6, 6.07) is -0.735. The fourth-order valence-electron chi connectivity index (χ4n) is 2.08. The van der Waals surface area contributed by atoms with Crippen molar-refractivity contribution in [3.8, 4) is 0 Å². The van der Waals surface area contributed by atoms with Gasteiger partial charge in [0.15, 0.2) is 0 Å². The lowest BCUT2D eigenvalue weighted by molar-refractivity contribution is -0.147. The number of hydrogen-bond donors (Lipinski definition) is 1. The number of rotatable bonds is 11. The molecule has 1 unspecified atom stereocenters. The Balaban J connectivity index is 3.93. The molecule has 0 saturated heterocycles. The second kappa shape index (κ2) is 10.6. The zero-order valence-corrected chi connectivity index (χ0v) is 12.2. The first kappa shape index (κ1) is 17.7. The van der Waals surface area contributed by atoms with Gasteiger partial charge in [0, 0.05) is 7.05 Å². The number of carbonyl (C=O) groups excluding carboxylic acids is 1. The van der Waals surface area contributed by atoms with E-state index in [9.17, 15) is 9.59 Å². The molecule has 0 aromatic heterocycles. The molecule has 0 saturated carbocycles. The molecule has 1 N–H and O–H groups in total. The molecule has 1 atom stereocenters. The average Bonchev–Trinajstić information content (AvgIpc) is 2.39. The third kappa shape index (κ3) is 7.65. The summed E-state index contributed by atoms with van der Waals surface area (Å²) in [6.45, 7) is 5.56. The fourth-order valence-corrected chi connectivity index (χ4v) is 2.08. The first-order valence-corrected chi connectivity index (χ1v) is 7.16. The van der Waals surface area contributed by atoms with Gasteiger partial charge in [-0.1, -0.05) is 58.4 Å². The lowest BCUT2D eigenvalue weighted by Gasteiger charge is -2.23. The number of nitrogens with zero attached hydrogens (tertiary/aromatic N) is 1. The number of aliphatic carboxylic acids is 1. The molecule has 0 aliphatic rings. The van der Waals surface area contributed by atoms with Crippen LogP contribution in [-0.2, 0) is 9.59 Å². The van der Waals surface area contributed by atoms with E-state index in [1.807, 2.05) is 0 Å². The van der Waals surface area contributed by atoms with E-state index in [1.54, 1.807) is 0 Å². The Morgan fingerprint density at radius 1 is 1.16 bits per heavy atom. The second-order valence-corrected chi connectivity index (χ2v) is 4.92. The van der Waals surface area contributed by atoms with Crippen molar-refractivity contribution in [1.82, 2.24) is 4.90 Å². The van der Waals surface area contributed by atoms with Crippen LogP contribution < -0.4 is 0 Å². The van der Waals surface area contributed by atoms with Gasteiger partial charge in [-0.25, -0.2) is 4.79 Å². The van der Waals surface area contributed by atoms with Crippen molar-refractivity contribution in [2.24, 2.45) is 0 Å². The number of carbonyl (C=O) groups is 2. The van der Waals surface area contributed by atoms with Crippen molar-refractivity contribution in [2.75, 3.05) is 7.05 Å². The smallest absolute Gasteiger partial charge is 0.326 e. The van der Waals surface area contributed by atoms with Crippen LogP contribution in [0.25, 0.3) is 0 Å². The second-order valence-electron chi connectivity index (χ2n) is 4.92. The number of carboxylic acids is 1. The molecule has 0 radical (unpaired) electrons. The van der Waals surface area contributed by atoms with Crippen molar-refractivity contribution in [2.45, 2.75) is 64.3 Å². The Kier molecular flexibility index (Phi) is 9.85. The largest absolute Gasteiger partial charge is 0.480 e. The predicted molar refractivity (Wildman–Crippen MR) is 77.0 cm³/mol. The third-order valence-electron chi connectivity index (χ3n) is 3.36. The first-order chi connectivity index (χ1) is 9.04. The SMILES string of the molecule is C=CC(=O)N(C)C(CCCCCCCCC)C(=O)O. The molecule has 0 aromatic carbocycles. The van der Waals surface area contributed by atoms with Gasteiger partial charge < -0.3 is 10.0 Å². The van der Waals surface area contributed by atoms with Gasteiger partial charge in [0.25, 0.3) is 0 Å². The third-order valence-corrected chi connectivity index (χ3v) is 3.36. The molecule has 1 amide bonds. The molecular formula is C15H27NO3. The molecule has 0 fully saturated rings. The lowest BCUT2D eigenvalue weighted by atomic mass is 10.0. The van der Waals surface area contributed by atoms with Gasteiger partial charge in [0.2, 0.25) is 5.91 Å². The zero-order valence-electron chi connectivity index (χ0n) is 12.2. The normalized spacial score (nSPS) is 11.9. The van der Waals surface area contributed by atoms with Crippen LogP contribution in [-0.4, -0.2) is 35.0 Å². The van der Waals surface area contributed by atoms with Crippen molar-refractivity contribution in [1.29, 1.82) is 0 Å². The standard InChI is InChI=1S/C15H27NO3/c1-4-6-7-8-9-10-11-12-13(15(18)19)16(3)14(17)5-2/h5,13H,2,4,6-12H2,1,3H3,(H,18,19). The molecule has 0 aliphatic heterocycles. The molecule has 0 bridgehead atoms. The van der Waals surface area contributed by atoms with Crippen LogP contribution in [0.1, 0.15) is 58.3 Å². The predicted octanol–water partition coefficient (Wildman–Crippen LogP) is 3.22. The summed E-state index contributed by atoms with van der Waals surface area (Å²) in [5.74, 6) is -1.28. The van der Waals surface area contributed by atoms with Crippen LogP contribution in [0.15, 0.2) is 12.7 Å². The molecule has 0 aliphatic carbocycles. The van der Waals surface area contributed by atoms with Gasteiger partial charge in [-0.3, -0.25) is 4.79 Å². The molecule has 0 rings (SSSR count). The van der Waals surface area contributed by atoms with Gasteiger partial charge in [-0.05, 0) is 12.5 Å². The minimum absolute atomic E-state index is 0.338. The van der Waals surface area contributed by atoms with Gasteiger partial charge >= 0.3 is 5.97 Å². The summed E-state index contributed by atoms with van der Waals surface area (Å²) in [5.41, 5.74) is 0. The number of hydrogen-bond acceptors (Lipinski definition) is 2. The Morgan fingerprint density at radius 3 is 2.16 bits per heavy atom. The maximum Gasteiger partial charge on any atom is 0.326 e. The lowest BCUT2D eigenvalue weighted by Crippen LogP contribution is -2.41. The van der Waals surface area contributed by atoms with Crippen LogP contribution in [0.3, 0.4) is 0 Å². The maximum absolute atomic E-state index is 11.4. The number of carboxylic acid groups (broad SMARTS) is 1. The van der Waals surface area contributed by atoms with E-state index in [4.69, 9.17) is 5.11 Å². The fraction of sp³-hybridized carbons (Fsp3) is 0.733. The van der Waals surface area contributed by atoms with E-state index in [0.717, 1.165) is 25.3 Å². The van der Waals surface area contributed by atoms with Gasteiger partial charge in [0.05, 0.1) is 0 Å². The molecule has 4 nitrogen and oxygen atoms in total. The van der Waals surface area contributed by atoms with Crippen LogP contribution in [0.2, 0.25) is 0 Å². The quantitative estimate of drug-likeness (QED) is 0.463. The number of unbranched alkanes of at least 4 members (excludes halogenated alkanes) is 6. The van der Waals surface area contributed by atoms with Crippen LogP contribution in [0, 0.1) is 0 Å². The zero-order chi connectivity index (χ0) is 14.7. The minimum atomic E-state index is -0.941. The molecule has 4 heteroatoms. The Morgan fingerprint density at radius 2 is 1.68 bits per heavy atom. The highest BCUT2D eigenvalue weighted by Crippen LogP contribution is 2.12. The molecule has 0 spiro atoms. The maximum atomic E-state index is 11.4. The van der Waals surface area contributed by atoms with Crippen LogP contribution in [0.5, 0.6) is 0 Å². The molecule has 110 valence electrons. The van der Waals surface area contributed by atoms with E-state index < -0.39 is 12.0 Å². The van der Waals surface area contributed by atoms with Crippen LogP contribution >= 0.6 is 0 Å². The highest BCUT2D eigenvalue weighted by atomic mass is 16.4. The Labute approximate surface area is 116 Å². The topological polar surface area (TPSA) is 57.6 Å². The monoisotopic (exact) mass is 269 g/mol. The van der Waals surface area contributed by atoms with Gasteiger partial charge in [-0.2, -0.15) is 0 Å². The van der Waals surface area contributed by atoms with Crippen molar-refractivity contribution >= 4 is 11.9 Å². The van der Waals surface area contributed by atoms with E-state index in [1.165, 1.54) is 37.6 Å². The van der Waals surface area contributed by atoms with Crippen molar-refractivity contribution < 1.29 is 14.7 Å². The number of likely N-dealkylation sites (N-methyl/N-ethyl adjacent to an activating group) is 1. The average molecular weight is 269 g/mol. The highest BCUT2D eigenvalue weighted by Gasteiger charge is 2.24. The summed E-state index contributed by atoms with van der Waals surface area (Å²) < 4.78 is 0. The van der Waals surface area contributed by atoms with Crippen molar-refractivity contribution in [3.63, 3.8) is 0 Å². The van der Waals surface area contributed by atoms with E-state index in [0.29, 0.717) is 6.42 Å². The van der Waals surface area contributed by atoms with E-state index >= 15 is 0 Å². The van der Waals surface area contributed by atoms with E-state index in [-0.39, 0.29) is 5.91 Å². The molecule has 0 heterocycles. The highest BCUT2D eigenvalue weighted by molar-refractivity contribution is 5.90. The summed E-state index contributed by atoms with van der Waals surface area (Å²) >= 11 is 0. The van der Waals surface area contributed by atoms with Crippen molar-refractivity contribution in [3.05, 3.63) is 12.7 Å². The van der Waals surface area contributed by atoms with Crippen LogP contribution in [0.4, 0.5) is 0 Å². The molecule has 19 heavy (non-hydrogen) atoms. The summed E-state index contributed by atoms with van der Waals surface area (Å²) in [4.78, 5) is 23.8.